The van der Waals surface area contributed by atoms with Gasteiger partial charge in [-0.3, -0.25) is 4.79 Å². The molecule has 1 N–H and O–H groups in total. The van der Waals surface area contributed by atoms with Gasteiger partial charge in [-0.05, 0) is 39.5 Å². The topological polar surface area (TPSA) is 32.3 Å². The van der Waals surface area contributed by atoms with Crippen LogP contribution in [0.4, 0.5) is 0 Å². The fraction of sp³-hybridized carbons (Fsp3) is 0.923. The molecular weight excluding hydrogens is 232 g/mol. The summed E-state index contributed by atoms with van der Waals surface area (Å²) < 4.78 is 0. The van der Waals surface area contributed by atoms with E-state index in [-0.39, 0.29) is 5.92 Å². The van der Waals surface area contributed by atoms with Crippen LogP contribution in [0.2, 0.25) is 0 Å². The molecule has 2 atom stereocenters. The molecule has 0 aromatic carbocycles. The molecule has 17 heavy (non-hydrogen) atoms. The van der Waals surface area contributed by atoms with E-state index in [1.54, 1.807) is 11.8 Å². The lowest BCUT2D eigenvalue weighted by atomic mass is 10.1. The van der Waals surface area contributed by atoms with E-state index in [1.807, 2.05) is 11.8 Å². The number of nitrogens with zero attached hydrogens (tertiary/aromatic N) is 1. The monoisotopic (exact) mass is 258 g/mol. The van der Waals surface area contributed by atoms with Gasteiger partial charge in [0, 0.05) is 30.3 Å². The van der Waals surface area contributed by atoms with Gasteiger partial charge in [0.25, 0.3) is 0 Å². The molecule has 3 nitrogen and oxygen atoms in total. The van der Waals surface area contributed by atoms with Gasteiger partial charge in [0.1, 0.15) is 0 Å². The lowest BCUT2D eigenvalue weighted by molar-refractivity contribution is -0.136. The van der Waals surface area contributed by atoms with E-state index in [0.717, 1.165) is 18.8 Å². The second-order valence-corrected chi connectivity index (χ2v) is 6.14. The van der Waals surface area contributed by atoms with E-state index in [9.17, 15) is 4.79 Å². The number of amides is 1. The van der Waals surface area contributed by atoms with E-state index >= 15 is 0 Å². The maximum Gasteiger partial charge on any atom is 0.226 e. The third kappa shape index (κ3) is 4.51. The van der Waals surface area contributed by atoms with Crippen LogP contribution >= 0.6 is 11.8 Å². The lowest BCUT2D eigenvalue weighted by Gasteiger charge is -2.31. The fourth-order valence-electron chi connectivity index (χ4n) is 2.31. The van der Waals surface area contributed by atoms with Crippen molar-refractivity contribution in [1.29, 1.82) is 0 Å². The van der Waals surface area contributed by atoms with Crippen LogP contribution in [0.1, 0.15) is 33.6 Å². The van der Waals surface area contributed by atoms with Crippen LogP contribution in [0.5, 0.6) is 0 Å². The van der Waals surface area contributed by atoms with Crippen LogP contribution in [-0.2, 0) is 4.79 Å². The van der Waals surface area contributed by atoms with E-state index in [2.05, 4.69) is 25.4 Å². The highest BCUT2D eigenvalue weighted by Gasteiger charge is 2.26. The zero-order chi connectivity index (χ0) is 12.8. The Morgan fingerprint density at radius 2 is 2.18 bits per heavy atom. The molecule has 0 aliphatic carbocycles. The molecule has 0 radical (unpaired) electrons. The van der Waals surface area contributed by atoms with Crippen LogP contribution in [0.3, 0.4) is 0 Å². The average molecular weight is 258 g/mol. The van der Waals surface area contributed by atoms with Gasteiger partial charge in [-0.2, -0.15) is 11.8 Å². The first-order valence-corrected chi connectivity index (χ1v) is 7.98. The number of rotatable bonds is 6. The Morgan fingerprint density at radius 3 is 2.65 bits per heavy atom. The molecule has 1 aliphatic rings. The fourth-order valence-corrected chi connectivity index (χ4v) is 2.95. The molecule has 0 spiro atoms. The normalized spacial score (nSPS) is 21.8. The van der Waals surface area contributed by atoms with Gasteiger partial charge in [0.05, 0.1) is 0 Å². The number of hydrogen-bond donors (Lipinski definition) is 1. The van der Waals surface area contributed by atoms with Crippen molar-refractivity contribution in [2.45, 2.75) is 45.7 Å². The van der Waals surface area contributed by atoms with Gasteiger partial charge in [0.15, 0.2) is 0 Å². The van der Waals surface area contributed by atoms with Crippen LogP contribution in [0.25, 0.3) is 0 Å². The molecule has 1 rings (SSSR count). The summed E-state index contributed by atoms with van der Waals surface area (Å²) in [5.74, 6) is 1.36. The summed E-state index contributed by atoms with van der Waals surface area (Å²) in [6.07, 6.45) is 4.50. The summed E-state index contributed by atoms with van der Waals surface area (Å²) in [5.41, 5.74) is 0. The number of nitrogens with one attached hydrogen (secondary N) is 1. The Balaban J connectivity index is 2.54. The zero-order valence-electron chi connectivity index (χ0n) is 11.5. The summed E-state index contributed by atoms with van der Waals surface area (Å²) in [7, 11) is 0. The van der Waals surface area contributed by atoms with Crippen LogP contribution in [0.15, 0.2) is 0 Å². The Bertz CT molecular complexity index is 240. The molecule has 1 aliphatic heterocycles. The number of thioether (sulfide) groups is 1. The minimum Gasteiger partial charge on any atom is -0.338 e. The van der Waals surface area contributed by atoms with Crippen molar-refractivity contribution in [2.75, 3.05) is 25.1 Å². The lowest BCUT2D eigenvalue weighted by Crippen LogP contribution is -2.47. The van der Waals surface area contributed by atoms with E-state index in [4.69, 9.17) is 0 Å². The minimum atomic E-state index is 0.133. The van der Waals surface area contributed by atoms with Crippen molar-refractivity contribution in [3.05, 3.63) is 0 Å². The molecule has 0 saturated carbocycles. The van der Waals surface area contributed by atoms with Crippen molar-refractivity contribution < 1.29 is 4.79 Å². The van der Waals surface area contributed by atoms with Crippen molar-refractivity contribution in [2.24, 2.45) is 5.92 Å². The van der Waals surface area contributed by atoms with Crippen LogP contribution in [0, 0.1) is 5.92 Å². The maximum absolute atomic E-state index is 12.3. The zero-order valence-corrected chi connectivity index (χ0v) is 12.3. The first kappa shape index (κ1) is 14.8. The van der Waals surface area contributed by atoms with E-state index in [0.29, 0.717) is 18.0 Å². The van der Waals surface area contributed by atoms with E-state index in [1.165, 1.54) is 12.8 Å². The number of carbonyl (C=O) groups excluding carboxylic acids is 1. The highest BCUT2D eigenvalue weighted by Crippen LogP contribution is 2.14. The van der Waals surface area contributed by atoms with Crippen molar-refractivity contribution >= 4 is 17.7 Å². The SMILES string of the molecule is CSCC(C)C(=O)N(CC1CCCN1)C(C)C. The van der Waals surface area contributed by atoms with Crippen molar-refractivity contribution in [1.82, 2.24) is 10.2 Å². The van der Waals surface area contributed by atoms with Crippen LogP contribution in [-0.4, -0.2) is 48.0 Å². The standard InChI is InChI=1S/C13H26N2OS/c1-10(2)15(8-12-6-5-7-14-12)13(16)11(3)9-17-4/h10-12,14H,5-9H2,1-4H3. The Morgan fingerprint density at radius 1 is 1.47 bits per heavy atom. The molecule has 1 fully saturated rings. The number of carbonyl (C=O) groups is 1. The van der Waals surface area contributed by atoms with Gasteiger partial charge in [-0.1, -0.05) is 6.92 Å². The largest absolute Gasteiger partial charge is 0.338 e. The molecule has 100 valence electrons. The molecule has 1 saturated heterocycles. The predicted octanol–water partition coefficient (Wildman–Crippen LogP) is 1.97. The Hall–Kier alpha value is -0.220. The molecule has 1 amide bonds. The second kappa shape index (κ2) is 7.27. The third-order valence-electron chi connectivity index (χ3n) is 3.32. The third-order valence-corrected chi connectivity index (χ3v) is 4.16. The summed E-state index contributed by atoms with van der Waals surface area (Å²) >= 11 is 1.75. The van der Waals surface area contributed by atoms with Gasteiger partial charge < -0.3 is 10.2 Å². The second-order valence-electron chi connectivity index (χ2n) is 5.23. The summed E-state index contributed by atoms with van der Waals surface area (Å²) in [6.45, 7) is 8.23. The van der Waals surface area contributed by atoms with Gasteiger partial charge in [0.2, 0.25) is 5.91 Å². The molecule has 0 bridgehead atoms. The minimum absolute atomic E-state index is 0.133. The van der Waals surface area contributed by atoms with Crippen molar-refractivity contribution in [3.63, 3.8) is 0 Å². The quantitative estimate of drug-likeness (QED) is 0.790. The Labute approximate surface area is 110 Å². The summed E-state index contributed by atoms with van der Waals surface area (Å²) in [5, 5.41) is 3.47. The molecule has 2 unspecified atom stereocenters. The highest BCUT2D eigenvalue weighted by molar-refractivity contribution is 7.98. The first-order chi connectivity index (χ1) is 8.06. The average Bonchev–Trinajstić information content (AvgIpc) is 2.77. The molecule has 0 aromatic rings. The van der Waals surface area contributed by atoms with Gasteiger partial charge in [-0.15, -0.1) is 0 Å². The van der Waals surface area contributed by atoms with Gasteiger partial charge >= 0.3 is 0 Å². The summed E-state index contributed by atoms with van der Waals surface area (Å²) in [4.78, 5) is 14.4. The highest BCUT2D eigenvalue weighted by atomic mass is 32.2. The molecule has 0 aromatic heterocycles. The summed E-state index contributed by atoms with van der Waals surface area (Å²) in [6, 6.07) is 0.803. The first-order valence-electron chi connectivity index (χ1n) is 6.59. The van der Waals surface area contributed by atoms with Crippen LogP contribution < -0.4 is 5.32 Å². The maximum atomic E-state index is 12.3. The smallest absolute Gasteiger partial charge is 0.226 e. The predicted molar refractivity (Wildman–Crippen MR) is 75.4 cm³/mol. The van der Waals surface area contributed by atoms with Crippen molar-refractivity contribution in [3.8, 4) is 0 Å². The molecular formula is C13H26N2OS. The Kier molecular flexibility index (Phi) is 6.34. The molecule has 4 heteroatoms. The number of hydrogen-bond acceptors (Lipinski definition) is 3. The van der Waals surface area contributed by atoms with Gasteiger partial charge in [-0.25, -0.2) is 0 Å². The van der Waals surface area contributed by atoms with E-state index < -0.39 is 0 Å². The molecule has 1 heterocycles.